The maximum absolute atomic E-state index is 6.88. The quantitative estimate of drug-likeness (QED) is 0.143. The van der Waals surface area contributed by atoms with Crippen LogP contribution in [-0.4, -0.2) is 23.7 Å². The van der Waals surface area contributed by atoms with Crippen molar-refractivity contribution in [3.05, 3.63) is 218 Å². The van der Waals surface area contributed by atoms with Gasteiger partial charge >= 0.3 is 0 Å². The normalized spacial score (nSPS) is 12.8. The van der Waals surface area contributed by atoms with Gasteiger partial charge in [0.05, 0.1) is 22.1 Å². The van der Waals surface area contributed by atoms with Crippen molar-refractivity contribution in [2.75, 3.05) is 0 Å². The van der Waals surface area contributed by atoms with Crippen LogP contribution in [0.4, 0.5) is 0 Å². The Labute approximate surface area is 413 Å². The van der Waals surface area contributed by atoms with E-state index in [-0.39, 0.29) is 5.41 Å². The summed E-state index contributed by atoms with van der Waals surface area (Å²) in [5.74, 6) is 3.52. The molecule has 7 nitrogen and oxygen atoms in total. The van der Waals surface area contributed by atoms with Gasteiger partial charge in [0, 0.05) is 70.9 Å². The second-order valence-electron chi connectivity index (χ2n) is 20.1. The van der Waals surface area contributed by atoms with Crippen LogP contribution in [0.2, 0.25) is 0 Å². The van der Waals surface area contributed by atoms with Crippen LogP contribution in [0.1, 0.15) is 50.6 Å². The SMILES string of the molecule is Cc1cc(-n2c3ccccc3c3ccc(Oc4cccc(-n5c[n+](-c6c(-c7ccccc7)cccc6-c6ccccc6)c6cc7c(cc65)nc5n7CCCC5)c4)cc32)ncc1-c1ccc(C(C)(C)C)cc1. The van der Waals surface area contributed by atoms with Crippen LogP contribution in [0.15, 0.2) is 201 Å². The molecule has 0 aliphatic carbocycles. The molecule has 12 aromatic rings. The Morgan fingerprint density at radius 2 is 1.25 bits per heavy atom. The van der Waals surface area contributed by atoms with Crippen molar-refractivity contribution >= 4 is 43.9 Å². The summed E-state index contributed by atoms with van der Waals surface area (Å²) in [7, 11) is 0. The third-order valence-electron chi connectivity index (χ3n) is 14.5. The number of aryl methyl sites for hydroxylation is 3. The molecule has 344 valence electrons. The van der Waals surface area contributed by atoms with Gasteiger partial charge < -0.3 is 9.30 Å². The number of para-hydroxylation sites is 2. The van der Waals surface area contributed by atoms with Crippen LogP contribution in [0.5, 0.6) is 11.5 Å². The van der Waals surface area contributed by atoms with Gasteiger partial charge in [-0.25, -0.2) is 9.97 Å². The fraction of sp³-hybridized carbons (Fsp3) is 0.141. The van der Waals surface area contributed by atoms with Gasteiger partial charge in [0.15, 0.2) is 11.0 Å². The number of aromatic nitrogens is 6. The molecule has 0 fully saturated rings. The average Bonchev–Trinajstić information content (AvgIpc) is 4.07. The van der Waals surface area contributed by atoms with E-state index in [2.05, 4.69) is 234 Å². The smallest absolute Gasteiger partial charge is 0.255 e. The Kier molecular flexibility index (Phi) is 10.1. The minimum atomic E-state index is 0.0934. The van der Waals surface area contributed by atoms with Gasteiger partial charge in [-0.1, -0.05) is 148 Å². The highest BCUT2D eigenvalue weighted by Crippen LogP contribution is 2.39. The monoisotopic (exact) mass is 921 g/mol. The summed E-state index contributed by atoms with van der Waals surface area (Å²) in [4.78, 5) is 10.4. The van der Waals surface area contributed by atoms with Crippen molar-refractivity contribution in [2.24, 2.45) is 0 Å². The Morgan fingerprint density at radius 3 is 2.00 bits per heavy atom. The molecule has 0 bridgehead atoms. The minimum Gasteiger partial charge on any atom is -0.457 e. The van der Waals surface area contributed by atoms with Crippen LogP contribution >= 0.6 is 0 Å². The lowest BCUT2D eigenvalue weighted by Gasteiger charge is -2.19. The van der Waals surface area contributed by atoms with E-state index in [1.54, 1.807) is 0 Å². The maximum atomic E-state index is 6.88. The van der Waals surface area contributed by atoms with Crippen LogP contribution in [0, 0.1) is 6.92 Å². The van der Waals surface area contributed by atoms with Gasteiger partial charge in [-0.2, -0.15) is 9.13 Å². The number of fused-ring (bicyclic) bond motifs is 7. The lowest BCUT2D eigenvalue weighted by atomic mass is 9.86. The molecule has 0 radical (unpaired) electrons. The Bertz CT molecular complexity index is 3950. The van der Waals surface area contributed by atoms with Crippen molar-refractivity contribution in [3.8, 4) is 62.1 Å². The molecule has 7 heteroatoms. The second kappa shape index (κ2) is 16.8. The second-order valence-corrected chi connectivity index (χ2v) is 20.1. The van der Waals surface area contributed by atoms with Crippen molar-refractivity contribution in [3.63, 3.8) is 0 Å². The fourth-order valence-corrected chi connectivity index (χ4v) is 10.9. The molecular weight excluding hydrogens is 869 g/mol. The largest absolute Gasteiger partial charge is 0.457 e. The Balaban J connectivity index is 0.930. The first-order valence-corrected chi connectivity index (χ1v) is 24.8. The van der Waals surface area contributed by atoms with E-state index in [0.717, 1.165) is 109 Å². The van der Waals surface area contributed by atoms with Gasteiger partial charge in [0.1, 0.15) is 34.5 Å². The number of imidazole rings is 2. The number of nitrogens with zero attached hydrogens (tertiary/aromatic N) is 6. The molecule has 0 atom stereocenters. The zero-order valence-electron chi connectivity index (χ0n) is 40.5. The lowest BCUT2D eigenvalue weighted by molar-refractivity contribution is -0.566. The standard InChI is InChI=1S/C64H53N6O/c1-42-35-62(65-40-54(42)45-28-30-46(31-29-45)64(2,3)4)70-56-26-12-11-23-52(56)53-33-32-49(37-57(53)70)71-48-22-15-21-47(36-48)68-41-69(60-39-58-55(38-59(60)68)66-61-27-13-14-34-67(58)61)63-50(43-17-7-5-8-18-43)24-16-25-51(63)44-19-9-6-10-20-44/h5-12,15-26,28-33,35-41H,13-14,27,34H2,1-4H3/q+1. The predicted octanol–water partition coefficient (Wildman–Crippen LogP) is 15.5. The molecule has 4 aromatic heterocycles. The molecule has 5 heterocycles. The third kappa shape index (κ3) is 7.39. The predicted molar refractivity (Wildman–Crippen MR) is 289 cm³/mol. The molecule has 0 amide bonds. The first-order chi connectivity index (χ1) is 34.7. The molecule has 0 saturated heterocycles. The number of pyridine rings is 1. The highest BCUT2D eigenvalue weighted by molar-refractivity contribution is 6.09. The average molecular weight is 922 g/mol. The summed E-state index contributed by atoms with van der Waals surface area (Å²) in [6.45, 7) is 9.91. The summed E-state index contributed by atoms with van der Waals surface area (Å²) in [6.07, 6.45) is 7.59. The summed E-state index contributed by atoms with van der Waals surface area (Å²) < 4.78 is 16.3. The number of ether oxygens (including phenoxy) is 1. The van der Waals surface area contributed by atoms with Crippen molar-refractivity contribution < 1.29 is 9.30 Å². The van der Waals surface area contributed by atoms with E-state index in [0.29, 0.717) is 0 Å². The Morgan fingerprint density at radius 1 is 0.563 bits per heavy atom. The van der Waals surface area contributed by atoms with Gasteiger partial charge in [0.25, 0.3) is 6.33 Å². The minimum absolute atomic E-state index is 0.0934. The fourth-order valence-electron chi connectivity index (χ4n) is 10.9. The zero-order chi connectivity index (χ0) is 47.8. The van der Waals surface area contributed by atoms with Crippen LogP contribution in [0.25, 0.3) is 94.4 Å². The molecule has 0 unspecified atom stereocenters. The molecule has 1 aliphatic rings. The summed E-state index contributed by atoms with van der Waals surface area (Å²) in [5.41, 5.74) is 18.1. The number of benzene rings is 8. The van der Waals surface area contributed by atoms with Crippen LogP contribution < -0.4 is 9.30 Å². The van der Waals surface area contributed by atoms with E-state index in [4.69, 9.17) is 14.7 Å². The molecule has 0 spiro atoms. The molecule has 0 saturated carbocycles. The molecular formula is C64H53N6O+. The topological polar surface area (TPSA) is 53.7 Å². The van der Waals surface area contributed by atoms with Crippen molar-refractivity contribution in [1.82, 2.24) is 23.7 Å². The highest BCUT2D eigenvalue weighted by atomic mass is 16.5. The van der Waals surface area contributed by atoms with E-state index in [1.165, 1.54) is 39.8 Å². The first kappa shape index (κ1) is 42.5. The van der Waals surface area contributed by atoms with E-state index in [1.807, 2.05) is 12.3 Å². The van der Waals surface area contributed by atoms with Gasteiger partial charge in [-0.3, -0.25) is 4.57 Å². The molecule has 1 aliphatic heterocycles. The van der Waals surface area contributed by atoms with Crippen LogP contribution in [-0.2, 0) is 18.4 Å². The zero-order valence-corrected chi connectivity index (χ0v) is 40.5. The van der Waals surface area contributed by atoms with Crippen molar-refractivity contribution in [1.29, 1.82) is 0 Å². The van der Waals surface area contributed by atoms with Crippen molar-refractivity contribution in [2.45, 2.75) is 58.9 Å². The Hall–Kier alpha value is -8.55. The van der Waals surface area contributed by atoms with Gasteiger partial charge in [-0.15, -0.1) is 0 Å². The molecule has 71 heavy (non-hydrogen) atoms. The number of hydrogen-bond acceptors (Lipinski definition) is 3. The summed E-state index contributed by atoms with van der Waals surface area (Å²) >= 11 is 0. The third-order valence-corrected chi connectivity index (χ3v) is 14.5. The van der Waals surface area contributed by atoms with E-state index >= 15 is 0 Å². The maximum Gasteiger partial charge on any atom is 0.255 e. The summed E-state index contributed by atoms with van der Waals surface area (Å²) in [6, 6.07) is 67.3. The van der Waals surface area contributed by atoms with E-state index in [9.17, 15) is 0 Å². The number of hydrogen-bond donors (Lipinski definition) is 0. The van der Waals surface area contributed by atoms with E-state index < -0.39 is 0 Å². The molecule has 8 aromatic carbocycles. The molecule has 13 rings (SSSR count). The summed E-state index contributed by atoms with van der Waals surface area (Å²) in [5, 5.41) is 2.31. The van der Waals surface area contributed by atoms with Crippen LogP contribution in [0.3, 0.4) is 0 Å². The lowest BCUT2D eigenvalue weighted by Crippen LogP contribution is -2.31. The molecule has 0 N–H and O–H groups in total. The number of rotatable bonds is 8. The highest BCUT2D eigenvalue weighted by Gasteiger charge is 2.28. The van der Waals surface area contributed by atoms with Gasteiger partial charge in [-0.05, 0) is 89.4 Å². The first-order valence-electron chi connectivity index (χ1n) is 24.8. The van der Waals surface area contributed by atoms with Gasteiger partial charge in [0.2, 0.25) is 0 Å².